The zero-order chi connectivity index (χ0) is 22.3. The topological polar surface area (TPSA) is 102 Å². The summed E-state index contributed by atoms with van der Waals surface area (Å²) in [6.45, 7) is 4.89. The van der Waals surface area contributed by atoms with Gasteiger partial charge in [-0.25, -0.2) is 17.9 Å². The third-order valence-corrected chi connectivity index (χ3v) is 6.01. The molecule has 0 unspecified atom stereocenters. The second-order valence-corrected chi connectivity index (χ2v) is 8.12. The predicted octanol–water partition coefficient (Wildman–Crippen LogP) is 2.44. The SMILES string of the molecule is CCN(CC)C(=O)c1ccc(S(=O)(=O)NCc2ccc(OC)c(C(=O)OC)c2)cc1. The van der Waals surface area contributed by atoms with Crippen molar-refractivity contribution >= 4 is 21.9 Å². The lowest BCUT2D eigenvalue weighted by Gasteiger charge is -2.18. The van der Waals surface area contributed by atoms with E-state index in [-0.39, 0.29) is 22.9 Å². The van der Waals surface area contributed by atoms with Gasteiger partial charge in [0.15, 0.2) is 0 Å². The fraction of sp³-hybridized carbons (Fsp3) is 0.333. The van der Waals surface area contributed by atoms with Crippen molar-refractivity contribution in [1.82, 2.24) is 9.62 Å². The van der Waals surface area contributed by atoms with Crippen LogP contribution >= 0.6 is 0 Å². The Morgan fingerprint density at radius 2 is 1.63 bits per heavy atom. The summed E-state index contributed by atoms with van der Waals surface area (Å²) < 4.78 is 37.6. The highest BCUT2D eigenvalue weighted by Crippen LogP contribution is 2.21. The van der Waals surface area contributed by atoms with Crippen LogP contribution in [-0.2, 0) is 21.3 Å². The number of nitrogens with zero attached hydrogens (tertiary/aromatic N) is 1. The molecule has 0 aliphatic carbocycles. The van der Waals surface area contributed by atoms with E-state index < -0.39 is 16.0 Å². The van der Waals surface area contributed by atoms with Crippen LogP contribution in [0.2, 0.25) is 0 Å². The van der Waals surface area contributed by atoms with E-state index in [2.05, 4.69) is 4.72 Å². The Hall–Kier alpha value is -2.91. The minimum Gasteiger partial charge on any atom is -0.496 e. The van der Waals surface area contributed by atoms with Crippen molar-refractivity contribution in [2.45, 2.75) is 25.3 Å². The first-order valence-electron chi connectivity index (χ1n) is 9.41. The van der Waals surface area contributed by atoms with Crippen LogP contribution in [0.3, 0.4) is 0 Å². The molecular formula is C21H26N2O6S. The summed E-state index contributed by atoms with van der Waals surface area (Å²) in [6.07, 6.45) is 0. The van der Waals surface area contributed by atoms with Crippen LogP contribution in [0.5, 0.6) is 5.75 Å². The summed E-state index contributed by atoms with van der Waals surface area (Å²) in [5, 5.41) is 0. The van der Waals surface area contributed by atoms with Gasteiger partial charge in [0.05, 0.1) is 19.1 Å². The quantitative estimate of drug-likeness (QED) is 0.608. The maximum atomic E-state index is 12.6. The van der Waals surface area contributed by atoms with Gasteiger partial charge in [-0.1, -0.05) is 6.07 Å². The summed E-state index contributed by atoms with van der Waals surface area (Å²) in [7, 11) is -1.12. The van der Waals surface area contributed by atoms with Crippen LogP contribution in [0, 0.1) is 0 Å². The first-order valence-corrected chi connectivity index (χ1v) is 10.9. The van der Waals surface area contributed by atoms with E-state index in [1.54, 1.807) is 17.0 Å². The molecule has 0 aliphatic heterocycles. The third-order valence-electron chi connectivity index (χ3n) is 4.60. The van der Waals surface area contributed by atoms with Crippen LogP contribution < -0.4 is 9.46 Å². The summed E-state index contributed by atoms with van der Waals surface area (Å²) in [6, 6.07) is 10.5. The Kier molecular flexibility index (Phi) is 7.96. The molecule has 2 aromatic carbocycles. The molecular weight excluding hydrogens is 408 g/mol. The minimum absolute atomic E-state index is 0.0313. The van der Waals surface area contributed by atoms with E-state index in [0.29, 0.717) is 30.0 Å². The number of amides is 1. The zero-order valence-corrected chi connectivity index (χ0v) is 18.3. The number of methoxy groups -OCH3 is 2. The highest BCUT2D eigenvalue weighted by atomic mass is 32.2. The number of benzene rings is 2. The Labute approximate surface area is 176 Å². The van der Waals surface area contributed by atoms with Crippen molar-refractivity contribution < 1.29 is 27.5 Å². The summed E-state index contributed by atoms with van der Waals surface area (Å²) in [4.78, 5) is 25.9. The maximum absolute atomic E-state index is 12.6. The number of carbonyl (C=O) groups is 2. The molecule has 2 aromatic rings. The van der Waals surface area contributed by atoms with Crippen molar-refractivity contribution in [3.8, 4) is 5.75 Å². The number of esters is 1. The zero-order valence-electron chi connectivity index (χ0n) is 17.5. The van der Waals surface area contributed by atoms with Crippen molar-refractivity contribution in [2.75, 3.05) is 27.3 Å². The van der Waals surface area contributed by atoms with Gasteiger partial charge in [-0.15, -0.1) is 0 Å². The average molecular weight is 435 g/mol. The lowest BCUT2D eigenvalue weighted by atomic mass is 10.1. The summed E-state index contributed by atoms with van der Waals surface area (Å²) >= 11 is 0. The Morgan fingerprint density at radius 1 is 1.00 bits per heavy atom. The number of ether oxygens (including phenoxy) is 2. The Morgan fingerprint density at radius 3 is 2.17 bits per heavy atom. The molecule has 0 aromatic heterocycles. The second kappa shape index (κ2) is 10.2. The smallest absolute Gasteiger partial charge is 0.341 e. The van der Waals surface area contributed by atoms with E-state index in [9.17, 15) is 18.0 Å². The molecule has 30 heavy (non-hydrogen) atoms. The molecule has 2 rings (SSSR count). The Balaban J connectivity index is 2.16. The fourth-order valence-electron chi connectivity index (χ4n) is 2.87. The molecule has 0 fully saturated rings. The van der Waals surface area contributed by atoms with Crippen LogP contribution in [-0.4, -0.2) is 52.5 Å². The van der Waals surface area contributed by atoms with Crippen molar-refractivity contribution in [3.05, 3.63) is 59.2 Å². The molecule has 0 radical (unpaired) electrons. The normalized spacial score (nSPS) is 11.1. The van der Waals surface area contributed by atoms with Crippen LogP contribution in [0.25, 0.3) is 0 Å². The number of hydrogen-bond donors (Lipinski definition) is 1. The average Bonchev–Trinajstić information content (AvgIpc) is 2.77. The lowest BCUT2D eigenvalue weighted by Crippen LogP contribution is -2.30. The maximum Gasteiger partial charge on any atom is 0.341 e. The molecule has 0 atom stereocenters. The predicted molar refractivity (Wildman–Crippen MR) is 112 cm³/mol. The molecule has 0 saturated carbocycles. The van der Waals surface area contributed by atoms with E-state index in [0.717, 1.165) is 0 Å². The van der Waals surface area contributed by atoms with E-state index in [1.807, 2.05) is 13.8 Å². The molecule has 162 valence electrons. The Bertz CT molecular complexity index is 999. The van der Waals surface area contributed by atoms with Gasteiger partial charge >= 0.3 is 5.97 Å². The minimum atomic E-state index is -3.81. The highest BCUT2D eigenvalue weighted by molar-refractivity contribution is 7.89. The lowest BCUT2D eigenvalue weighted by molar-refractivity contribution is 0.0596. The summed E-state index contributed by atoms with van der Waals surface area (Å²) in [5.41, 5.74) is 1.19. The molecule has 9 heteroatoms. The largest absolute Gasteiger partial charge is 0.496 e. The third kappa shape index (κ3) is 5.37. The number of rotatable bonds is 9. The number of carbonyl (C=O) groups excluding carboxylic acids is 2. The van der Waals surface area contributed by atoms with Crippen molar-refractivity contribution in [1.29, 1.82) is 0 Å². The van der Waals surface area contributed by atoms with Crippen LogP contribution in [0.1, 0.15) is 40.1 Å². The van der Waals surface area contributed by atoms with Crippen molar-refractivity contribution in [3.63, 3.8) is 0 Å². The molecule has 1 N–H and O–H groups in total. The molecule has 8 nitrogen and oxygen atoms in total. The summed E-state index contributed by atoms with van der Waals surface area (Å²) in [5.74, 6) is -0.391. The van der Waals surface area contributed by atoms with E-state index >= 15 is 0 Å². The van der Waals surface area contributed by atoms with Gasteiger partial charge < -0.3 is 14.4 Å². The van der Waals surface area contributed by atoms with Gasteiger partial charge in [0.25, 0.3) is 5.91 Å². The van der Waals surface area contributed by atoms with Crippen LogP contribution in [0.15, 0.2) is 47.4 Å². The standard InChI is InChI=1S/C21H26N2O6S/c1-5-23(6-2)20(24)16-8-10-17(11-9-16)30(26,27)22-14-15-7-12-19(28-3)18(13-15)21(25)29-4/h7-13,22H,5-6,14H2,1-4H3. The van der Waals surface area contributed by atoms with Gasteiger partial charge in [-0.05, 0) is 55.8 Å². The number of sulfonamides is 1. The number of nitrogens with one attached hydrogen (secondary N) is 1. The van der Waals surface area contributed by atoms with Crippen molar-refractivity contribution in [2.24, 2.45) is 0 Å². The molecule has 0 aliphatic rings. The first-order chi connectivity index (χ1) is 14.3. The monoisotopic (exact) mass is 434 g/mol. The number of hydrogen-bond acceptors (Lipinski definition) is 6. The van der Waals surface area contributed by atoms with Gasteiger partial charge in [0.2, 0.25) is 10.0 Å². The van der Waals surface area contributed by atoms with E-state index in [1.165, 1.54) is 44.6 Å². The van der Waals surface area contributed by atoms with Gasteiger partial charge in [-0.2, -0.15) is 0 Å². The fourth-order valence-corrected chi connectivity index (χ4v) is 3.88. The molecule has 0 bridgehead atoms. The van der Waals surface area contributed by atoms with Crippen LogP contribution in [0.4, 0.5) is 0 Å². The molecule has 0 saturated heterocycles. The van der Waals surface area contributed by atoms with Gasteiger partial charge in [-0.3, -0.25) is 4.79 Å². The van der Waals surface area contributed by atoms with E-state index in [4.69, 9.17) is 9.47 Å². The second-order valence-electron chi connectivity index (χ2n) is 6.35. The molecule has 1 amide bonds. The molecule has 0 heterocycles. The first kappa shape index (κ1) is 23.4. The highest BCUT2D eigenvalue weighted by Gasteiger charge is 2.18. The molecule has 0 spiro atoms. The van der Waals surface area contributed by atoms with Gasteiger partial charge in [0, 0.05) is 25.2 Å². The van der Waals surface area contributed by atoms with Gasteiger partial charge in [0.1, 0.15) is 11.3 Å².